The molecule has 26 heavy (non-hydrogen) atoms. The Bertz CT molecular complexity index is 892. The summed E-state index contributed by atoms with van der Waals surface area (Å²) in [7, 11) is 0. The summed E-state index contributed by atoms with van der Waals surface area (Å²) in [4.78, 5) is 12.1. The first-order valence-electron chi connectivity index (χ1n) is 7.89. The van der Waals surface area contributed by atoms with Gasteiger partial charge in [0.05, 0.1) is 12.0 Å². The largest absolute Gasteiger partial charge is 0.461 e. The zero-order valence-electron chi connectivity index (χ0n) is 13.9. The number of furan rings is 1. The summed E-state index contributed by atoms with van der Waals surface area (Å²) in [6, 6.07) is 11.0. The van der Waals surface area contributed by atoms with Crippen LogP contribution in [0, 0.1) is 0 Å². The van der Waals surface area contributed by atoms with Crippen molar-refractivity contribution in [1.82, 2.24) is 20.1 Å². The molecule has 1 aromatic carbocycles. The minimum absolute atomic E-state index is 0.0947. The minimum atomic E-state index is -0.0947. The zero-order valence-corrected chi connectivity index (χ0v) is 15.5. The maximum atomic E-state index is 12.1. The van der Waals surface area contributed by atoms with Crippen molar-refractivity contribution in [3.05, 3.63) is 65.9 Å². The lowest BCUT2D eigenvalue weighted by atomic mass is 10.2. The molecule has 0 bridgehead atoms. The molecule has 0 saturated heterocycles. The van der Waals surface area contributed by atoms with Gasteiger partial charge in [0.2, 0.25) is 11.7 Å². The highest BCUT2D eigenvalue weighted by atomic mass is 35.5. The second-order valence-electron chi connectivity index (χ2n) is 5.38. The van der Waals surface area contributed by atoms with Crippen molar-refractivity contribution in [3.8, 4) is 11.6 Å². The lowest BCUT2D eigenvalue weighted by Gasteiger charge is -2.07. The fraction of sp³-hybridized carbons (Fsp3) is 0.167. The number of nitrogens with zero attached hydrogens (tertiary/aromatic N) is 3. The Kier molecular flexibility index (Phi) is 6.14. The summed E-state index contributed by atoms with van der Waals surface area (Å²) in [5.41, 5.74) is 0.950. The summed E-state index contributed by atoms with van der Waals surface area (Å²) in [6.07, 6.45) is 3.33. The first-order valence-corrected chi connectivity index (χ1v) is 9.25. The van der Waals surface area contributed by atoms with Crippen molar-refractivity contribution in [1.29, 1.82) is 0 Å². The van der Waals surface area contributed by atoms with E-state index >= 15 is 0 Å². The van der Waals surface area contributed by atoms with Crippen molar-refractivity contribution < 1.29 is 9.21 Å². The Morgan fingerprint density at radius 3 is 2.96 bits per heavy atom. The number of amides is 1. The summed E-state index contributed by atoms with van der Waals surface area (Å²) < 4.78 is 7.25. The first kappa shape index (κ1) is 18.3. The van der Waals surface area contributed by atoms with Gasteiger partial charge in [-0.25, -0.2) is 0 Å². The van der Waals surface area contributed by atoms with E-state index < -0.39 is 0 Å². The molecule has 0 aliphatic heterocycles. The molecule has 0 saturated carbocycles. The third kappa shape index (κ3) is 4.56. The number of carbonyl (C=O) groups is 1. The molecule has 0 radical (unpaired) electrons. The van der Waals surface area contributed by atoms with E-state index in [-0.39, 0.29) is 11.7 Å². The van der Waals surface area contributed by atoms with E-state index in [1.807, 2.05) is 28.8 Å². The fourth-order valence-corrected chi connectivity index (χ4v) is 3.30. The number of aromatic nitrogens is 3. The molecule has 2 heterocycles. The molecule has 1 amide bonds. The fourth-order valence-electron chi connectivity index (χ4n) is 2.31. The second-order valence-corrected chi connectivity index (χ2v) is 6.76. The number of carbonyl (C=O) groups excluding carboxylic acids is 1. The van der Waals surface area contributed by atoms with Gasteiger partial charge in [-0.05, 0) is 29.8 Å². The SMILES string of the molecule is C=CCn1c(SCC(=O)NCc2cccc(Cl)c2)nnc1-c1ccco1. The van der Waals surface area contributed by atoms with Crippen molar-refractivity contribution >= 4 is 29.3 Å². The molecule has 2 aromatic heterocycles. The van der Waals surface area contributed by atoms with Gasteiger partial charge in [-0.3, -0.25) is 9.36 Å². The number of halogens is 1. The third-order valence-electron chi connectivity index (χ3n) is 3.48. The van der Waals surface area contributed by atoms with Crippen molar-refractivity contribution in [2.45, 2.75) is 18.2 Å². The van der Waals surface area contributed by atoms with Gasteiger partial charge in [0, 0.05) is 18.1 Å². The Morgan fingerprint density at radius 1 is 1.35 bits per heavy atom. The van der Waals surface area contributed by atoms with Gasteiger partial charge in [-0.1, -0.05) is 41.6 Å². The van der Waals surface area contributed by atoms with E-state index in [1.165, 1.54) is 11.8 Å². The van der Waals surface area contributed by atoms with Crippen LogP contribution >= 0.6 is 23.4 Å². The summed E-state index contributed by atoms with van der Waals surface area (Å²) in [5, 5.41) is 12.5. The van der Waals surface area contributed by atoms with Gasteiger partial charge in [0.1, 0.15) is 0 Å². The monoisotopic (exact) mass is 388 g/mol. The number of thioether (sulfide) groups is 1. The van der Waals surface area contributed by atoms with Crippen LogP contribution in [-0.2, 0) is 17.9 Å². The first-order chi connectivity index (χ1) is 12.7. The average Bonchev–Trinajstić information content (AvgIpc) is 3.28. The lowest BCUT2D eigenvalue weighted by molar-refractivity contribution is -0.118. The maximum Gasteiger partial charge on any atom is 0.230 e. The van der Waals surface area contributed by atoms with E-state index in [1.54, 1.807) is 24.5 Å². The topological polar surface area (TPSA) is 73.0 Å². The quantitative estimate of drug-likeness (QED) is 0.469. The molecule has 0 aliphatic carbocycles. The molecule has 0 unspecified atom stereocenters. The predicted molar refractivity (Wildman–Crippen MR) is 102 cm³/mol. The summed E-state index contributed by atoms with van der Waals surface area (Å²) >= 11 is 7.26. The second kappa shape index (κ2) is 8.73. The molecular formula is C18H17ClN4O2S. The van der Waals surface area contributed by atoms with Crippen LogP contribution in [0.4, 0.5) is 0 Å². The Hall–Kier alpha value is -2.51. The molecule has 3 rings (SSSR count). The third-order valence-corrected chi connectivity index (χ3v) is 4.68. The molecule has 8 heteroatoms. The minimum Gasteiger partial charge on any atom is -0.461 e. The van der Waals surface area contributed by atoms with Crippen LogP contribution in [0.25, 0.3) is 11.6 Å². The van der Waals surface area contributed by atoms with Gasteiger partial charge in [0.25, 0.3) is 0 Å². The molecule has 0 atom stereocenters. The van der Waals surface area contributed by atoms with Crippen molar-refractivity contribution in [2.24, 2.45) is 0 Å². The van der Waals surface area contributed by atoms with E-state index in [4.69, 9.17) is 16.0 Å². The molecule has 3 aromatic rings. The Labute approximate surface area is 160 Å². The average molecular weight is 389 g/mol. The van der Waals surface area contributed by atoms with Gasteiger partial charge in [0.15, 0.2) is 10.9 Å². The molecule has 6 nitrogen and oxygen atoms in total. The lowest BCUT2D eigenvalue weighted by Crippen LogP contribution is -2.24. The summed E-state index contributed by atoms with van der Waals surface area (Å²) in [5.74, 6) is 1.37. The van der Waals surface area contributed by atoms with E-state index in [9.17, 15) is 4.79 Å². The maximum absolute atomic E-state index is 12.1. The van der Waals surface area contributed by atoms with Crippen LogP contribution in [0.15, 0.2) is 64.9 Å². The van der Waals surface area contributed by atoms with Crippen molar-refractivity contribution in [2.75, 3.05) is 5.75 Å². The Morgan fingerprint density at radius 2 is 2.23 bits per heavy atom. The van der Waals surface area contributed by atoms with Gasteiger partial charge in [-0.15, -0.1) is 16.8 Å². The Balaban J connectivity index is 1.60. The molecule has 0 spiro atoms. The molecule has 0 fully saturated rings. The zero-order chi connectivity index (χ0) is 18.4. The number of nitrogens with one attached hydrogen (secondary N) is 1. The van der Waals surface area contributed by atoms with Crippen LogP contribution in [0.2, 0.25) is 5.02 Å². The number of hydrogen-bond donors (Lipinski definition) is 1. The van der Waals surface area contributed by atoms with Gasteiger partial charge >= 0.3 is 0 Å². The van der Waals surface area contributed by atoms with Gasteiger partial charge < -0.3 is 9.73 Å². The molecule has 134 valence electrons. The van der Waals surface area contributed by atoms with Crippen LogP contribution in [-0.4, -0.2) is 26.4 Å². The summed E-state index contributed by atoms with van der Waals surface area (Å²) in [6.45, 7) is 4.71. The smallest absolute Gasteiger partial charge is 0.230 e. The molecule has 1 N–H and O–H groups in total. The highest BCUT2D eigenvalue weighted by Crippen LogP contribution is 2.24. The van der Waals surface area contributed by atoms with E-state index in [0.717, 1.165) is 5.56 Å². The molecular weight excluding hydrogens is 372 g/mol. The van der Waals surface area contributed by atoms with Crippen molar-refractivity contribution in [3.63, 3.8) is 0 Å². The molecule has 0 aliphatic rings. The van der Waals surface area contributed by atoms with E-state index in [0.29, 0.717) is 34.9 Å². The predicted octanol–water partition coefficient (Wildman–Crippen LogP) is 3.79. The van der Waals surface area contributed by atoms with Crippen LogP contribution in [0.1, 0.15) is 5.56 Å². The van der Waals surface area contributed by atoms with Crippen LogP contribution in [0.3, 0.4) is 0 Å². The highest BCUT2D eigenvalue weighted by molar-refractivity contribution is 7.99. The highest BCUT2D eigenvalue weighted by Gasteiger charge is 2.16. The van der Waals surface area contributed by atoms with Crippen LogP contribution in [0.5, 0.6) is 0 Å². The van der Waals surface area contributed by atoms with Crippen LogP contribution < -0.4 is 5.32 Å². The number of allylic oxidation sites excluding steroid dienone is 1. The van der Waals surface area contributed by atoms with E-state index in [2.05, 4.69) is 22.1 Å². The standard InChI is InChI=1S/C18H17ClN4O2S/c1-2-8-23-17(15-7-4-9-25-15)21-22-18(23)26-12-16(24)20-11-13-5-3-6-14(19)10-13/h2-7,9-10H,1,8,11-12H2,(H,20,24). The normalized spacial score (nSPS) is 10.7. The number of hydrogen-bond acceptors (Lipinski definition) is 5. The van der Waals surface area contributed by atoms with Gasteiger partial charge in [-0.2, -0.15) is 0 Å². The number of rotatable bonds is 8. The number of benzene rings is 1.